The van der Waals surface area contributed by atoms with Crippen LogP contribution in [0.3, 0.4) is 0 Å². The van der Waals surface area contributed by atoms with E-state index < -0.39 is 0 Å². The molecule has 0 unspecified atom stereocenters. The monoisotopic (exact) mass is 251 g/mol. The highest BCUT2D eigenvalue weighted by Crippen LogP contribution is 2.28. The summed E-state index contributed by atoms with van der Waals surface area (Å²) in [4.78, 5) is 0. The second-order valence-electron chi connectivity index (χ2n) is 4.33. The number of aromatic amines is 1. The maximum absolute atomic E-state index is 5.88. The van der Waals surface area contributed by atoms with Crippen molar-refractivity contribution < 1.29 is 0 Å². The van der Waals surface area contributed by atoms with Crippen molar-refractivity contribution in [2.45, 2.75) is 6.92 Å². The summed E-state index contributed by atoms with van der Waals surface area (Å²) in [5.74, 6) is 0.402. The van der Waals surface area contributed by atoms with E-state index in [0.29, 0.717) is 5.82 Å². The molecule has 0 spiro atoms. The van der Waals surface area contributed by atoms with Crippen LogP contribution in [-0.2, 0) is 0 Å². The van der Waals surface area contributed by atoms with E-state index in [1.807, 2.05) is 37.3 Å². The van der Waals surface area contributed by atoms with Crippen LogP contribution < -0.4 is 5.73 Å². The zero-order valence-electron chi connectivity index (χ0n) is 10.5. The van der Waals surface area contributed by atoms with Gasteiger partial charge in [0.05, 0.1) is 11.9 Å². The SMILES string of the molecule is Cc1ccccc1-c1cc(-c2cn[nH]c2)c(N)nn1. The molecular weight excluding hydrogens is 238 g/mol. The normalized spacial score (nSPS) is 10.6. The smallest absolute Gasteiger partial charge is 0.154 e. The number of hydrogen-bond acceptors (Lipinski definition) is 4. The summed E-state index contributed by atoms with van der Waals surface area (Å²) < 4.78 is 0. The van der Waals surface area contributed by atoms with Gasteiger partial charge in [0.15, 0.2) is 5.82 Å². The third kappa shape index (κ3) is 2.06. The van der Waals surface area contributed by atoms with Gasteiger partial charge in [0.25, 0.3) is 0 Å². The third-order valence-electron chi connectivity index (χ3n) is 3.05. The number of nitrogens with one attached hydrogen (secondary N) is 1. The Morgan fingerprint density at radius 2 is 1.95 bits per heavy atom. The van der Waals surface area contributed by atoms with Crippen molar-refractivity contribution in [3.63, 3.8) is 0 Å². The zero-order chi connectivity index (χ0) is 13.2. The van der Waals surface area contributed by atoms with Crippen molar-refractivity contribution in [3.05, 3.63) is 48.3 Å². The number of H-pyrrole nitrogens is 1. The summed E-state index contributed by atoms with van der Waals surface area (Å²) in [5.41, 5.74) is 10.6. The Hall–Kier alpha value is -2.69. The van der Waals surface area contributed by atoms with E-state index in [9.17, 15) is 0 Å². The van der Waals surface area contributed by atoms with Gasteiger partial charge < -0.3 is 5.73 Å². The minimum Gasteiger partial charge on any atom is -0.382 e. The van der Waals surface area contributed by atoms with Crippen LogP contribution in [0.4, 0.5) is 5.82 Å². The van der Waals surface area contributed by atoms with Gasteiger partial charge in [0.1, 0.15) is 0 Å². The second-order valence-corrected chi connectivity index (χ2v) is 4.33. The highest BCUT2D eigenvalue weighted by molar-refractivity contribution is 5.77. The molecule has 94 valence electrons. The van der Waals surface area contributed by atoms with E-state index >= 15 is 0 Å². The van der Waals surface area contributed by atoms with Crippen molar-refractivity contribution in [3.8, 4) is 22.4 Å². The first-order valence-electron chi connectivity index (χ1n) is 5.94. The first-order valence-corrected chi connectivity index (χ1v) is 5.94. The number of anilines is 1. The van der Waals surface area contributed by atoms with Crippen LogP contribution >= 0.6 is 0 Å². The molecule has 3 rings (SSSR count). The number of aromatic nitrogens is 4. The predicted octanol–water partition coefficient (Wildman–Crippen LogP) is 2.42. The highest BCUT2D eigenvalue weighted by atomic mass is 15.1. The number of nitrogens with two attached hydrogens (primary N) is 1. The molecule has 5 heteroatoms. The van der Waals surface area contributed by atoms with Crippen molar-refractivity contribution in [1.29, 1.82) is 0 Å². The Balaban J connectivity index is 2.15. The summed E-state index contributed by atoms with van der Waals surface area (Å²) in [6.45, 7) is 2.05. The summed E-state index contributed by atoms with van der Waals surface area (Å²) >= 11 is 0. The number of nitrogens with zero attached hydrogens (tertiary/aromatic N) is 3. The fraction of sp³-hybridized carbons (Fsp3) is 0.0714. The molecule has 1 aromatic carbocycles. The van der Waals surface area contributed by atoms with Crippen LogP contribution in [0.2, 0.25) is 0 Å². The van der Waals surface area contributed by atoms with Gasteiger partial charge in [0, 0.05) is 22.9 Å². The molecule has 0 atom stereocenters. The number of nitrogen functional groups attached to an aromatic ring is 1. The third-order valence-corrected chi connectivity index (χ3v) is 3.05. The molecule has 0 aliphatic heterocycles. The van der Waals surface area contributed by atoms with E-state index in [4.69, 9.17) is 5.73 Å². The van der Waals surface area contributed by atoms with Crippen LogP contribution in [0.1, 0.15) is 5.56 Å². The molecule has 0 amide bonds. The lowest BCUT2D eigenvalue weighted by atomic mass is 10.0. The van der Waals surface area contributed by atoms with E-state index in [1.165, 1.54) is 0 Å². The molecule has 0 fully saturated rings. The van der Waals surface area contributed by atoms with Crippen LogP contribution in [0.5, 0.6) is 0 Å². The van der Waals surface area contributed by atoms with Crippen LogP contribution in [0.25, 0.3) is 22.4 Å². The van der Waals surface area contributed by atoms with Crippen LogP contribution in [-0.4, -0.2) is 20.4 Å². The molecule has 19 heavy (non-hydrogen) atoms. The summed E-state index contributed by atoms with van der Waals surface area (Å²) in [5, 5.41) is 14.9. The minimum absolute atomic E-state index is 0.402. The summed E-state index contributed by atoms with van der Waals surface area (Å²) in [6, 6.07) is 9.99. The maximum atomic E-state index is 5.88. The lowest BCUT2D eigenvalue weighted by Crippen LogP contribution is -1.98. The van der Waals surface area contributed by atoms with Gasteiger partial charge in [-0.15, -0.1) is 10.2 Å². The Labute approximate surface area is 110 Å². The molecule has 2 aromatic heterocycles. The van der Waals surface area contributed by atoms with Crippen molar-refractivity contribution in [1.82, 2.24) is 20.4 Å². The number of rotatable bonds is 2. The molecule has 0 radical (unpaired) electrons. The quantitative estimate of drug-likeness (QED) is 0.733. The Kier molecular flexibility index (Phi) is 2.72. The Morgan fingerprint density at radius 1 is 1.11 bits per heavy atom. The summed E-state index contributed by atoms with van der Waals surface area (Å²) in [7, 11) is 0. The number of benzene rings is 1. The van der Waals surface area contributed by atoms with E-state index in [0.717, 1.165) is 27.9 Å². The van der Waals surface area contributed by atoms with Gasteiger partial charge in [-0.2, -0.15) is 5.10 Å². The number of hydrogen-bond donors (Lipinski definition) is 2. The van der Waals surface area contributed by atoms with E-state index in [1.54, 1.807) is 12.4 Å². The fourth-order valence-corrected chi connectivity index (χ4v) is 2.02. The van der Waals surface area contributed by atoms with Gasteiger partial charge in [-0.25, -0.2) is 0 Å². The van der Waals surface area contributed by atoms with Crippen molar-refractivity contribution in [2.75, 3.05) is 5.73 Å². The lowest BCUT2D eigenvalue weighted by molar-refractivity contribution is 1.05. The average molecular weight is 251 g/mol. The van der Waals surface area contributed by atoms with E-state index in [-0.39, 0.29) is 0 Å². The minimum atomic E-state index is 0.402. The highest BCUT2D eigenvalue weighted by Gasteiger charge is 2.10. The standard InChI is InChI=1S/C14H13N5/c1-9-4-2-3-5-11(9)13-6-12(14(15)19-18-13)10-7-16-17-8-10/h2-8H,1H3,(H2,15,19)(H,16,17). The predicted molar refractivity (Wildman–Crippen MR) is 74.2 cm³/mol. The van der Waals surface area contributed by atoms with Gasteiger partial charge >= 0.3 is 0 Å². The van der Waals surface area contributed by atoms with E-state index in [2.05, 4.69) is 20.4 Å². The Bertz CT molecular complexity index is 704. The van der Waals surface area contributed by atoms with Crippen LogP contribution in [0, 0.1) is 6.92 Å². The molecule has 3 aromatic rings. The number of aryl methyl sites for hydroxylation is 1. The molecular formula is C14H13N5. The van der Waals surface area contributed by atoms with Gasteiger partial charge in [0.2, 0.25) is 0 Å². The molecule has 0 aliphatic carbocycles. The van der Waals surface area contributed by atoms with Gasteiger partial charge in [-0.05, 0) is 18.6 Å². The molecule has 0 saturated carbocycles. The van der Waals surface area contributed by atoms with Gasteiger partial charge in [-0.3, -0.25) is 5.10 Å². The first kappa shape index (κ1) is 11.4. The fourth-order valence-electron chi connectivity index (χ4n) is 2.02. The Morgan fingerprint density at radius 3 is 2.68 bits per heavy atom. The van der Waals surface area contributed by atoms with Crippen molar-refractivity contribution in [2.24, 2.45) is 0 Å². The maximum Gasteiger partial charge on any atom is 0.154 e. The molecule has 0 saturated heterocycles. The largest absolute Gasteiger partial charge is 0.382 e. The average Bonchev–Trinajstić information content (AvgIpc) is 2.94. The molecule has 5 nitrogen and oxygen atoms in total. The van der Waals surface area contributed by atoms with Crippen LogP contribution in [0.15, 0.2) is 42.7 Å². The molecule has 2 heterocycles. The molecule has 0 aliphatic rings. The zero-order valence-corrected chi connectivity index (χ0v) is 10.5. The van der Waals surface area contributed by atoms with Gasteiger partial charge in [-0.1, -0.05) is 24.3 Å². The molecule has 0 bridgehead atoms. The van der Waals surface area contributed by atoms with Crippen molar-refractivity contribution >= 4 is 5.82 Å². The topological polar surface area (TPSA) is 80.5 Å². The molecule has 3 N–H and O–H groups in total. The second kappa shape index (κ2) is 4.53. The summed E-state index contributed by atoms with van der Waals surface area (Å²) in [6.07, 6.45) is 3.50. The first-order chi connectivity index (χ1) is 9.25. The lowest BCUT2D eigenvalue weighted by Gasteiger charge is -2.07.